The number of aliphatic hydroxyl groups excluding tert-OH is 1. The summed E-state index contributed by atoms with van der Waals surface area (Å²) in [4.78, 5) is 13.7. The van der Waals surface area contributed by atoms with Gasteiger partial charge in [0.15, 0.2) is 0 Å². The summed E-state index contributed by atoms with van der Waals surface area (Å²) in [6.07, 6.45) is 2.62. The predicted molar refractivity (Wildman–Crippen MR) is 100 cm³/mol. The molecule has 1 fully saturated rings. The van der Waals surface area contributed by atoms with Crippen molar-refractivity contribution in [2.75, 3.05) is 11.9 Å². The molecule has 2 aromatic rings. The van der Waals surface area contributed by atoms with Gasteiger partial charge in [0.1, 0.15) is 0 Å². The second-order valence-corrected chi connectivity index (χ2v) is 6.81. The van der Waals surface area contributed by atoms with Crippen LogP contribution in [0.4, 0.5) is 5.69 Å². The SMILES string of the molecule is CC(=O)Nc1cccc(CN2CCC[C@H]2C[C@H](O)c2ccccc2)c1. The molecule has 1 saturated heterocycles. The van der Waals surface area contributed by atoms with Gasteiger partial charge in [-0.25, -0.2) is 0 Å². The molecule has 3 rings (SSSR count). The van der Waals surface area contributed by atoms with Gasteiger partial charge in [-0.15, -0.1) is 0 Å². The first-order valence-corrected chi connectivity index (χ1v) is 8.95. The Hall–Kier alpha value is -2.17. The Kier molecular flexibility index (Phi) is 5.84. The van der Waals surface area contributed by atoms with Crippen molar-refractivity contribution < 1.29 is 9.90 Å². The highest BCUT2D eigenvalue weighted by atomic mass is 16.3. The van der Waals surface area contributed by atoms with Crippen LogP contribution in [-0.2, 0) is 11.3 Å². The first-order chi connectivity index (χ1) is 12.1. The van der Waals surface area contributed by atoms with Crippen LogP contribution in [0.25, 0.3) is 0 Å². The lowest BCUT2D eigenvalue weighted by Gasteiger charge is -2.26. The molecule has 4 heteroatoms. The second-order valence-electron chi connectivity index (χ2n) is 6.81. The number of nitrogens with one attached hydrogen (secondary N) is 1. The molecule has 0 radical (unpaired) electrons. The highest BCUT2D eigenvalue weighted by Gasteiger charge is 2.27. The fourth-order valence-corrected chi connectivity index (χ4v) is 3.62. The Balaban J connectivity index is 1.63. The molecule has 2 atom stereocenters. The van der Waals surface area contributed by atoms with Crippen LogP contribution in [0.15, 0.2) is 54.6 Å². The average molecular weight is 338 g/mol. The van der Waals surface area contributed by atoms with Gasteiger partial charge in [0, 0.05) is 25.2 Å². The third kappa shape index (κ3) is 4.91. The quantitative estimate of drug-likeness (QED) is 0.844. The lowest BCUT2D eigenvalue weighted by molar-refractivity contribution is -0.114. The lowest BCUT2D eigenvalue weighted by Crippen LogP contribution is -2.30. The fraction of sp³-hybridized carbons (Fsp3) is 0.381. The largest absolute Gasteiger partial charge is 0.388 e. The number of benzene rings is 2. The summed E-state index contributed by atoms with van der Waals surface area (Å²) in [6, 6.07) is 18.3. The van der Waals surface area contributed by atoms with Crippen LogP contribution in [0.3, 0.4) is 0 Å². The van der Waals surface area contributed by atoms with E-state index in [1.54, 1.807) is 0 Å². The number of likely N-dealkylation sites (tertiary alicyclic amines) is 1. The molecular weight excluding hydrogens is 312 g/mol. The number of amides is 1. The molecule has 0 bridgehead atoms. The summed E-state index contributed by atoms with van der Waals surface area (Å²) in [5, 5.41) is 13.4. The van der Waals surface area contributed by atoms with E-state index in [1.807, 2.05) is 48.5 Å². The van der Waals surface area contributed by atoms with E-state index in [-0.39, 0.29) is 5.91 Å². The standard InChI is InChI=1S/C21H26N2O2/c1-16(24)22-19-10-5-7-17(13-19)15-23-12-6-11-20(23)14-21(25)18-8-3-2-4-9-18/h2-5,7-10,13,20-21,25H,6,11-12,14-15H2,1H3,(H,22,24)/t20-,21-/m0/s1. The maximum Gasteiger partial charge on any atom is 0.221 e. The van der Waals surface area contributed by atoms with Crippen LogP contribution < -0.4 is 5.32 Å². The monoisotopic (exact) mass is 338 g/mol. The Bertz CT molecular complexity index is 702. The third-order valence-electron chi connectivity index (χ3n) is 4.81. The summed E-state index contributed by atoms with van der Waals surface area (Å²) in [5.74, 6) is -0.0535. The van der Waals surface area contributed by atoms with Crippen LogP contribution >= 0.6 is 0 Å². The van der Waals surface area contributed by atoms with E-state index in [0.29, 0.717) is 6.04 Å². The molecule has 0 unspecified atom stereocenters. The molecule has 0 aliphatic carbocycles. The zero-order valence-electron chi connectivity index (χ0n) is 14.7. The minimum absolute atomic E-state index is 0.0535. The third-order valence-corrected chi connectivity index (χ3v) is 4.81. The van der Waals surface area contributed by atoms with Crippen molar-refractivity contribution in [1.29, 1.82) is 0 Å². The average Bonchev–Trinajstić information content (AvgIpc) is 3.02. The number of carbonyl (C=O) groups is 1. The molecule has 1 aliphatic heterocycles. The number of hydrogen-bond acceptors (Lipinski definition) is 3. The molecule has 4 nitrogen and oxygen atoms in total. The van der Waals surface area contributed by atoms with Gasteiger partial charge in [0.25, 0.3) is 0 Å². The number of hydrogen-bond donors (Lipinski definition) is 2. The topological polar surface area (TPSA) is 52.6 Å². The van der Waals surface area contributed by atoms with Gasteiger partial charge in [0.2, 0.25) is 5.91 Å². The normalized spacial score (nSPS) is 18.9. The molecule has 1 amide bonds. The minimum Gasteiger partial charge on any atom is -0.388 e. The minimum atomic E-state index is -0.419. The van der Waals surface area contributed by atoms with Crippen LogP contribution in [0.2, 0.25) is 0 Å². The first-order valence-electron chi connectivity index (χ1n) is 8.95. The van der Waals surface area contributed by atoms with E-state index in [9.17, 15) is 9.90 Å². The van der Waals surface area contributed by atoms with E-state index in [4.69, 9.17) is 0 Å². The summed E-state index contributed by atoms with van der Waals surface area (Å²) >= 11 is 0. The number of aliphatic hydroxyl groups is 1. The van der Waals surface area contributed by atoms with Crippen LogP contribution in [0.1, 0.15) is 43.4 Å². The Morgan fingerprint density at radius 2 is 2.04 bits per heavy atom. The van der Waals surface area contributed by atoms with E-state index in [0.717, 1.165) is 43.6 Å². The van der Waals surface area contributed by atoms with Crippen LogP contribution in [-0.4, -0.2) is 28.5 Å². The number of carbonyl (C=O) groups excluding carboxylic acids is 1. The predicted octanol–water partition coefficient (Wildman–Crippen LogP) is 3.73. The zero-order valence-corrected chi connectivity index (χ0v) is 14.7. The summed E-state index contributed by atoms with van der Waals surface area (Å²) < 4.78 is 0. The van der Waals surface area contributed by atoms with Gasteiger partial charge in [0.05, 0.1) is 6.10 Å². The van der Waals surface area contributed by atoms with Crippen LogP contribution in [0.5, 0.6) is 0 Å². The molecule has 2 N–H and O–H groups in total. The Morgan fingerprint density at radius 1 is 1.24 bits per heavy atom. The van der Waals surface area contributed by atoms with Crippen molar-refractivity contribution in [3.8, 4) is 0 Å². The zero-order chi connectivity index (χ0) is 17.6. The van der Waals surface area contributed by atoms with Gasteiger partial charge in [-0.1, -0.05) is 42.5 Å². The van der Waals surface area contributed by atoms with Crippen LogP contribution in [0, 0.1) is 0 Å². The first kappa shape index (κ1) is 17.6. The molecule has 1 aliphatic rings. The Morgan fingerprint density at radius 3 is 2.80 bits per heavy atom. The summed E-state index contributed by atoms with van der Waals surface area (Å²) in [7, 11) is 0. The van der Waals surface area contributed by atoms with Crippen molar-refractivity contribution in [2.45, 2.75) is 44.9 Å². The maximum atomic E-state index is 11.2. The van der Waals surface area contributed by atoms with Gasteiger partial charge in [-0.3, -0.25) is 9.69 Å². The number of rotatable bonds is 6. The van der Waals surface area contributed by atoms with Crippen molar-refractivity contribution in [3.63, 3.8) is 0 Å². The van der Waals surface area contributed by atoms with Crippen molar-refractivity contribution in [3.05, 3.63) is 65.7 Å². The molecule has 132 valence electrons. The molecule has 0 aromatic heterocycles. The second kappa shape index (κ2) is 8.28. The molecule has 1 heterocycles. The summed E-state index contributed by atoms with van der Waals surface area (Å²) in [5.41, 5.74) is 3.01. The van der Waals surface area contributed by atoms with Crippen molar-refractivity contribution >= 4 is 11.6 Å². The van der Waals surface area contributed by atoms with Crippen molar-refractivity contribution in [1.82, 2.24) is 4.90 Å². The van der Waals surface area contributed by atoms with E-state index in [2.05, 4.69) is 16.3 Å². The highest BCUT2D eigenvalue weighted by molar-refractivity contribution is 5.88. The highest BCUT2D eigenvalue weighted by Crippen LogP contribution is 2.28. The lowest BCUT2D eigenvalue weighted by atomic mass is 10.0. The van der Waals surface area contributed by atoms with E-state index >= 15 is 0 Å². The molecule has 0 spiro atoms. The number of anilines is 1. The maximum absolute atomic E-state index is 11.2. The smallest absolute Gasteiger partial charge is 0.221 e. The van der Waals surface area contributed by atoms with E-state index < -0.39 is 6.10 Å². The number of nitrogens with zero attached hydrogens (tertiary/aromatic N) is 1. The van der Waals surface area contributed by atoms with Gasteiger partial charge < -0.3 is 10.4 Å². The molecular formula is C21H26N2O2. The molecule has 2 aromatic carbocycles. The van der Waals surface area contributed by atoms with Gasteiger partial charge in [-0.05, 0) is 49.1 Å². The molecule has 25 heavy (non-hydrogen) atoms. The molecule has 0 saturated carbocycles. The Labute approximate surface area is 149 Å². The fourth-order valence-electron chi connectivity index (χ4n) is 3.62. The van der Waals surface area contributed by atoms with E-state index in [1.165, 1.54) is 12.5 Å². The summed E-state index contributed by atoms with van der Waals surface area (Å²) in [6.45, 7) is 3.42. The van der Waals surface area contributed by atoms with Gasteiger partial charge in [-0.2, -0.15) is 0 Å². The van der Waals surface area contributed by atoms with Gasteiger partial charge >= 0.3 is 0 Å². The van der Waals surface area contributed by atoms with Crippen molar-refractivity contribution in [2.24, 2.45) is 0 Å².